The van der Waals surface area contributed by atoms with Gasteiger partial charge < -0.3 is 10.2 Å². The summed E-state index contributed by atoms with van der Waals surface area (Å²) in [5.74, 6) is 0. The van der Waals surface area contributed by atoms with Crippen LogP contribution < -0.4 is 10.2 Å². The second kappa shape index (κ2) is 7.23. The Hall–Kier alpha value is -2.40. The van der Waals surface area contributed by atoms with Crippen LogP contribution in [0.1, 0.15) is 29.2 Å². The average molecular weight is 353 g/mol. The van der Waals surface area contributed by atoms with Gasteiger partial charge in [-0.2, -0.15) is 5.10 Å². The third kappa shape index (κ3) is 3.66. The zero-order chi connectivity index (χ0) is 18.0. The number of hydrazone groups is 1. The van der Waals surface area contributed by atoms with Crippen LogP contribution >= 0.6 is 12.2 Å². The molecule has 0 aromatic heterocycles. The lowest BCUT2D eigenvalue weighted by molar-refractivity contribution is 0.367. The Balaban J connectivity index is 1.91. The van der Waals surface area contributed by atoms with Crippen molar-refractivity contribution >= 4 is 28.7 Å². The minimum atomic E-state index is 0.118. The lowest BCUT2D eigenvalue weighted by Gasteiger charge is -2.24. The number of rotatable bonds is 3. The molecule has 0 radical (unpaired) electrons. The third-order valence-corrected chi connectivity index (χ3v) is 4.90. The number of nitrogens with zero attached hydrogens (tertiary/aromatic N) is 3. The van der Waals surface area contributed by atoms with Crippen LogP contribution in [-0.4, -0.2) is 37.0 Å². The van der Waals surface area contributed by atoms with Gasteiger partial charge >= 0.3 is 0 Å². The van der Waals surface area contributed by atoms with Crippen molar-refractivity contribution in [1.29, 1.82) is 0 Å². The summed E-state index contributed by atoms with van der Waals surface area (Å²) in [4.78, 5) is 2.10. The summed E-state index contributed by atoms with van der Waals surface area (Å²) in [6, 6.07) is 17.2. The van der Waals surface area contributed by atoms with Crippen molar-refractivity contribution in [1.82, 2.24) is 10.3 Å². The van der Waals surface area contributed by atoms with Gasteiger partial charge in [-0.05, 0) is 42.4 Å². The van der Waals surface area contributed by atoms with Crippen molar-refractivity contribution < 1.29 is 0 Å². The maximum absolute atomic E-state index is 5.48. The number of aryl methyl sites for hydroxylation is 1. The van der Waals surface area contributed by atoms with E-state index in [1.165, 1.54) is 16.8 Å². The Labute approximate surface area is 155 Å². The van der Waals surface area contributed by atoms with E-state index in [4.69, 9.17) is 17.3 Å². The first-order valence-electron chi connectivity index (χ1n) is 8.42. The van der Waals surface area contributed by atoms with E-state index in [0.29, 0.717) is 5.11 Å². The summed E-state index contributed by atoms with van der Waals surface area (Å²) in [6.45, 7) is 2.10. The molecule has 2 aromatic carbocycles. The van der Waals surface area contributed by atoms with Gasteiger partial charge in [0.1, 0.15) is 0 Å². The van der Waals surface area contributed by atoms with Gasteiger partial charge in [0.2, 0.25) is 0 Å². The fourth-order valence-corrected chi connectivity index (χ4v) is 3.15. The van der Waals surface area contributed by atoms with E-state index in [1.54, 1.807) is 0 Å². The van der Waals surface area contributed by atoms with Crippen molar-refractivity contribution in [2.75, 3.05) is 26.0 Å². The normalized spacial score (nSPS) is 16.6. The van der Waals surface area contributed by atoms with Gasteiger partial charge in [-0.1, -0.05) is 42.0 Å². The van der Waals surface area contributed by atoms with Crippen LogP contribution in [0.4, 0.5) is 5.69 Å². The van der Waals surface area contributed by atoms with Gasteiger partial charge in [0.15, 0.2) is 5.11 Å². The Bertz CT molecular complexity index is 778. The predicted octanol–water partition coefficient (Wildman–Crippen LogP) is 3.72. The number of thiocarbonyl (C=S) groups is 1. The molecule has 0 bridgehead atoms. The fourth-order valence-electron chi connectivity index (χ4n) is 2.99. The molecule has 1 aliphatic heterocycles. The molecule has 0 spiro atoms. The minimum absolute atomic E-state index is 0.118. The van der Waals surface area contributed by atoms with E-state index in [-0.39, 0.29) is 6.04 Å². The zero-order valence-corrected chi connectivity index (χ0v) is 16.0. The summed E-state index contributed by atoms with van der Waals surface area (Å²) < 4.78 is 0. The molecule has 1 aliphatic rings. The molecule has 0 aliphatic carbocycles. The number of anilines is 1. The van der Waals surface area contributed by atoms with Gasteiger partial charge in [-0.25, -0.2) is 5.01 Å². The van der Waals surface area contributed by atoms with E-state index in [1.807, 2.05) is 26.2 Å². The Morgan fingerprint density at radius 3 is 2.32 bits per heavy atom. The number of hydrogen-bond donors (Lipinski definition) is 1. The van der Waals surface area contributed by atoms with Crippen LogP contribution in [0.25, 0.3) is 0 Å². The average Bonchev–Trinajstić information content (AvgIpc) is 3.07. The highest BCUT2D eigenvalue weighted by molar-refractivity contribution is 7.80. The van der Waals surface area contributed by atoms with Crippen LogP contribution in [-0.2, 0) is 0 Å². The van der Waals surface area contributed by atoms with Crippen LogP contribution in [0.5, 0.6) is 0 Å². The minimum Gasteiger partial charge on any atom is -0.378 e. The smallest absolute Gasteiger partial charge is 0.189 e. The lowest BCUT2D eigenvalue weighted by atomic mass is 9.98. The van der Waals surface area contributed by atoms with Gasteiger partial charge in [0.25, 0.3) is 0 Å². The van der Waals surface area contributed by atoms with Crippen molar-refractivity contribution in [3.8, 4) is 0 Å². The third-order valence-electron chi connectivity index (χ3n) is 4.51. The standard InChI is InChI=1S/C20H24N4S/c1-14-5-7-15(8-6-14)18-13-19(24(22-18)20(25)21-2)16-9-11-17(12-10-16)23(3)4/h5-12,19H,13H2,1-4H3,(H,21,25)/t19-/m1/s1. The monoisotopic (exact) mass is 352 g/mol. The number of hydrogen-bond acceptors (Lipinski definition) is 3. The number of benzene rings is 2. The highest BCUT2D eigenvalue weighted by Crippen LogP contribution is 2.33. The van der Waals surface area contributed by atoms with Crippen LogP contribution in [0.3, 0.4) is 0 Å². The molecule has 0 saturated carbocycles. The maximum atomic E-state index is 5.48. The first-order chi connectivity index (χ1) is 12.0. The van der Waals surface area contributed by atoms with E-state index < -0.39 is 0 Å². The summed E-state index contributed by atoms with van der Waals surface area (Å²) >= 11 is 5.48. The molecule has 4 nitrogen and oxygen atoms in total. The lowest BCUT2D eigenvalue weighted by Crippen LogP contribution is -2.34. The van der Waals surface area contributed by atoms with E-state index in [0.717, 1.165) is 17.7 Å². The molecular formula is C20H24N4S. The first kappa shape index (κ1) is 17.4. The van der Waals surface area contributed by atoms with Gasteiger partial charge in [0, 0.05) is 33.3 Å². The molecule has 0 saturated heterocycles. The number of nitrogens with one attached hydrogen (secondary N) is 1. The highest BCUT2D eigenvalue weighted by Gasteiger charge is 2.31. The quantitative estimate of drug-likeness (QED) is 0.853. The molecular weight excluding hydrogens is 328 g/mol. The largest absolute Gasteiger partial charge is 0.378 e. The van der Waals surface area contributed by atoms with Crippen LogP contribution in [0.15, 0.2) is 53.6 Å². The predicted molar refractivity (Wildman–Crippen MR) is 109 cm³/mol. The Morgan fingerprint density at radius 1 is 1.12 bits per heavy atom. The second-order valence-electron chi connectivity index (χ2n) is 6.52. The molecule has 25 heavy (non-hydrogen) atoms. The van der Waals surface area contributed by atoms with Gasteiger partial charge in [0.05, 0.1) is 11.8 Å². The molecule has 0 amide bonds. The first-order valence-corrected chi connectivity index (χ1v) is 8.83. The van der Waals surface area contributed by atoms with Crippen molar-refractivity contribution in [3.63, 3.8) is 0 Å². The van der Waals surface area contributed by atoms with Crippen LogP contribution in [0, 0.1) is 6.92 Å². The van der Waals surface area contributed by atoms with Crippen molar-refractivity contribution in [3.05, 3.63) is 65.2 Å². The second-order valence-corrected chi connectivity index (χ2v) is 6.91. The SMILES string of the molecule is CNC(=S)N1N=C(c2ccc(C)cc2)C[C@@H]1c1ccc(N(C)C)cc1. The van der Waals surface area contributed by atoms with E-state index in [9.17, 15) is 0 Å². The summed E-state index contributed by atoms with van der Waals surface area (Å²) in [5.41, 5.74) is 5.88. The van der Waals surface area contributed by atoms with Crippen molar-refractivity contribution in [2.45, 2.75) is 19.4 Å². The molecule has 130 valence electrons. The zero-order valence-electron chi connectivity index (χ0n) is 15.2. The summed E-state index contributed by atoms with van der Waals surface area (Å²) in [7, 11) is 5.94. The molecule has 1 atom stereocenters. The molecule has 1 heterocycles. The summed E-state index contributed by atoms with van der Waals surface area (Å²) in [6.07, 6.45) is 0.839. The molecule has 0 fully saturated rings. The van der Waals surface area contributed by atoms with Gasteiger partial charge in [-0.3, -0.25) is 0 Å². The summed E-state index contributed by atoms with van der Waals surface area (Å²) in [5, 5.41) is 10.4. The molecule has 5 heteroatoms. The van der Waals surface area contributed by atoms with Crippen LogP contribution in [0.2, 0.25) is 0 Å². The highest BCUT2D eigenvalue weighted by atomic mass is 32.1. The van der Waals surface area contributed by atoms with Gasteiger partial charge in [-0.15, -0.1) is 0 Å². The van der Waals surface area contributed by atoms with Crippen molar-refractivity contribution in [2.24, 2.45) is 5.10 Å². The van der Waals surface area contributed by atoms with E-state index in [2.05, 4.69) is 65.7 Å². The fraction of sp³-hybridized carbons (Fsp3) is 0.300. The molecule has 2 aromatic rings. The maximum Gasteiger partial charge on any atom is 0.189 e. The molecule has 0 unspecified atom stereocenters. The molecule has 1 N–H and O–H groups in total. The Morgan fingerprint density at radius 2 is 1.76 bits per heavy atom. The Kier molecular flexibility index (Phi) is 5.04. The molecule has 3 rings (SSSR count). The van der Waals surface area contributed by atoms with E-state index >= 15 is 0 Å². The topological polar surface area (TPSA) is 30.9 Å².